The largest absolute Gasteiger partial charge is 0.325 e. The van der Waals surface area contributed by atoms with Crippen molar-refractivity contribution in [2.45, 2.75) is 11.6 Å². The summed E-state index contributed by atoms with van der Waals surface area (Å²) < 4.78 is 14.6. The Labute approximate surface area is 164 Å². The highest BCUT2D eigenvalue weighted by Gasteiger charge is 2.14. The molecule has 140 valence electrons. The van der Waals surface area contributed by atoms with Crippen LogP contribution in [0.4, 0.5) is 10.1 Å². The van der Waals surface area contributed by atoms with E-state index in [-0.39, 0.29) is 17.5 Å². The summed E-state index contributed by atoms with van der Waals surface area (Å²) in [4.78, 5) is 20.6. The zero-order valence-corrected chi connectivity index (χ0v) is 15.4. The van der Waals surface area contributed by atoms with Gasteiger partial charge in [0.25, 0.3) is 0 Å². The number of carbonyl (C=O) groups is 1. The van der Waals surface area contributed by atoms with E-state index in [1.807, 2.05) is 30.3 Å². The van der Waals surface area contributed by atoms with Gasteiger partial charge in [-0.3, -0.25) is 4.79 Å². The van der Waals surface area contributed by atoms with Crippen LogP contribution in [-0.4, -0.2) is 36.6 Å². The van der Waals surface area contributed by atoms with Crippen molar-refractivity contribution in [2.24, 2.45) is 0 Å². The van der Waals surface area contributed by atoms with Gasteiger partial charge in [0.2, 0.25) is 5.91 Å². The summed E-state index contributed by atoms with van der Waals surface area (Å²) in [5.74, 6) is -0.441. The molecule has 4 rings (SSSR count). The van der Waals surface area contributed by atoms with Crippen molar-refractivity contribution < 1.29 is 9.18 Å². The third-order valence-corrected chi connectivity index (χ3v) is 4.89. The predicted molar refractivity (Wildman–Crippen MR) is 104 cm³/mol. The van der Waals surface area contributed by atoms with E-state index in [2.05, 4.69) is 25.6 Å². The van der Waals surface area contributed by atoms with Gasteiger partial charge in [-0.2, -0.15) is 0 Å². The lowest BCUT2D eigenvalue weighted by Gasteiger charge is -2.05. The molecule has 2 aromatic carbocycles. The number of nitrogens with one attached hydrogen (secondary N) is 1. The van der Waals surface area contributed by atoms with Gasteiger partial charge in [0.1, 0.15) is 17.2 Å². The van der Waals surface area contributed by atoms with Crippen molar-refractivity contribution in [3.05, 3.63) is 72.3 Å². The van der Waals surface area contributed by atoms with E-state index >= 15 is 0 Å². The lowest BCUT2D eigenvalue weighted by atomic mass is 10.2. The number of hydrogen-bond donors (Lipinski definition) is 1. The number of amides is 1. The monoisotopic (exact) mass is 394 g/mol. The molecule has 2 heterocycles. The Balaban J connectivity index is 1.45. The second kappa shape index (κ2) is 8.13. The summed E-state index contributed by atoms with van der Waals surface area (Å²) in [6.07, 6.45) is 1.44. The third-order valence-electron chi connectivity index (χ3n) is 3.91. The van der Waals surface area contributed by atoms with E-state index in [1.54, 1.807) is 4.68 Å². The van der Waals surface area contributed by atoms with Crippen molar-refractivity contribution in [3.63, 3.8) is 0 Å². The van der Waals surface area contributed by atoms with Gasteiger partial charge in [0.15, 0.2) is 11.2 Å². The summed E-state index contributed by atoms with van der Waals surface area (Å²) in [5, 5.41) is 11.6. The van der Waals surface area contributed by atoms with Crippen molar-refractivity contribution >= 4 is 34.5 Å². The average Bonchev–Trinajstić information content (AvgIpc) is 3.12. The fourth-order valence-electron chi connectivity index (χ4n) is 2.60. The van der Waals surface area contributed by atoms with Crippen LogP contribution in [0.1, 0.15) is 5.56 Å². The molecule has 28 heavy (non-hydrogen) atoms. The number of rotatable bonds is 6. The topological polar surface area (TPSA) is 85.6 Å². The first-order valence-corrected chi connectivity index (χ1v) is 9.44. The molecule has 0 spiro atoms. The lowest BCUT2D eigenvalue weighted by molar-refractivity contribution is -0.113. The van der Waals surface area contributed by atoms with E-state index < -0.39 is 0 Å². The maximum Gasteiger partial charge on any atom is 0.234 e. The van der Waals surface area contributed by atoms with E-state index in [1.165, 1.54) is 42.4 Å². The highest BCUT2D eigenvalue weighted by atomic mass is 32.2. The summed E-state index contributed by atoms with van der Waals surface area (Å²) in [7, 11) is 0. The maximum absolute atomic E-state index is 12.9. The highest BCUT2D eigenvalue weighted by Crippen LogP contribution is 2.23. The van der Waals surface area contributed by atoms with Crippen LogP contribution in [0.3, 0.4) is 0 Å². The molecule has 0 saturated heterocycles. The molecular formula is C19H15FN6OS. The first-order chi connectivity index (χ1) is 13.7. The van der Waals surface area contributed by atoms with Crippen LogP contribution in [0.15, 0.2) is 66.0 Å². The quantitative estimate of drug-likeness (QED) is 0.399. The molecule has 2 aromatic heterocycles. The van der Waals surface area contributed by atoms with Crippen molar-refractivity contribution in [1.29, 1.82) is 0 Å². The fraction of sp³-hybridized carbons (Fsp3) is 0.105. The highest BCUT2D eigenvalue weighted by molar-refractivity contribution is 8.00. The second-order valence-electron chi connectivity index (χ2n) is 5.93. The van der Waals surface area contributed by atoms with Crippen molar-refractivity contribution in [3.8, 4) is 0 Å². The molecule has 4 aromatic rings. The van der Waals surface area contributed by atoms with Crippen molar-refractivity contribution in [1.82, 2.24) is 25.0 Å². The second-order valence-corrected chi connectivity index (χ2v) is 6.89. The molecule has 9 heteroatoms. The summed E-state index contributed by atoms with van der Waals surface area (Å²) in [5.41, 5.74) is 2.78. The molecule has 0 bridgehead atoms. The zero-order chi connectivity index (χ0) is 19.3. The molecule has 0 fully saturated rings. The zero-order valence-electron chi connectivity index (χ0n) is 14.6. The van der Waals surface area contributed by atoms with Gasteiger partial charge < -0.3 is 5.32 Å². The predicted octanol–water partition coefficient (Wildman–Crippen LogP) is 3.14. The van der Waals surface area contributed by atoms with Gasteiger partial charge in [-0.15, -0.1) is 5.10 Å². The van der Waals surface area contributed by atoms with Crippen molar-refractivity contribution in [2.75, 3.05) is 11.1 Å². The van der Waals surface area contributed by atoms with Crippen LogP contribution in [0.25, 0.3) is 11.2 Å². The standard InChI is InChI=1S/C19H15FN6OS/c20-14-6-8-15(9-7-14)23-16(27)11-28-19-17-18(21-12-22-19)26(25-24-17)10-13-4-2-1-3-5-13/h1-9,12H,10-11H2,(H,23,27). The summed E-state index contributed by atoms with van der Waals surface area (Å²) >= 11 is 1.25. The molecule has 0 aliphatic heterocycles. The van der Waals surface area contributed by atoms with Crippen LogP contribution in [-0.2, 0) is 11.3 Å². The van der Waals surface area contributed by atoms with E-state index in [9.17, 15) is 9.18 Å². The first kappa shape index (κ1) is 18.1. The Morgan fingerprint density at radius 1 is 1.07 bits per heavy atom. The Kier molecular flexibility index (Phi) is 5.24. The lowest BCUT2D eigenvalue weighted by Crippen LogP contribution is -2.14. The average molecular weight is 394 g/mol. The van der Waals surface area contributed by atoms with Gasteiger partial charge in [-0.1, -0.05) is 47.3 Å². The number of benzene rings is 2. The van der Waals surface area contributed by atoms with Gasteiger partial charge in [-0.25, -0.2) is 19.0 Å². The summed E-state index contributed by atoms with van der Waals surface area (Å²) in [6.45, 7) is 0.545. The SMILES string of the molecule is O=C(CSc1ncnc2c1nnn2Cc1ccccc1)Nc1ccc(F)cc1. The van der Waals surface area contributed by atoms with Crippen LogP contribution in [0.2, 0.25) is 0 Å². The molecule has 7 nitrogen and oxygen atoms in total. The van der Waals surface area contributed by atoms with Gasteiger partial charge in [0.05, 0.1) is 12.3 Å². The number of anilines is 1. The Morgan fingerprint density at radius 2 is 1.86 bits per heavy atom. The number of aromatic nitrogens is 5. The molecule has 0 unspecified atom stereocenters. The minimum atomic E-state index is -0.352. The first-order valence-electron chi connectivity index (χ1n) is 8.45. The van der Waals surface area contributed by atoms with E-state index in [0.29, 0.717) is 28.4 Å². The Bertz CT molecular complexity index is 1100. The minimum absolute atomic E-state index is 0.134. The van der Waals surface area contributed by atoms with Crippen LogP contribution in [0, 0.1) is 5.82 Å². The number of nitrogens with zero attached hydrogens (tertiary/aromatic N) is 5. The fourth-order valence-corrected chi connectivity index (χ4v) is 3.33. The number of carbonyl (C=O) groups excluding carboxylic acids is 1. The number of thioether (sulfide) groups is 1. The molecular weight excluding hydrogens is 379 g/mol. The minimum Gasteiger partial charge on any atom is -0.325 e. The molecule has 1 amide bonds. The number of fused-ring (bicyclic) bond motifs is 1. The molecule has 0 aliphatic carbocycles. The van der Waals surface area contributed by atoms with E-state index in [4.69, 9.17) is 0 Å². The molecule has 0 aliphatic rings. The normalized spacial score (nSPS) is 10.9. The molecule has 0 atom stereocenters. The van der Waals surface area contributed by atoms with Crippen LogP contribution in [0.5, 0.6) is 0 Å². The van der Waals surface area contributed by atoms with Gasteiger partial charge in [-0.05, 0) is 29.8 Å². The van der Waals surface area contributed by atoms with Crippen LogP contribution < -0.4 is 5.32 Å². The number of halogens is 1. The molecule has 0 radical (unpaired) electrons. The maximum atomic E-state index is 12.9. The Morgan fingerprint density at radius 3 is 2.64 bits per heavy atom. The Hall–Kier alpha value is -3.33. The van der Waals surface area contributed by atoms with E-state index in [0.717, 1.165) is 5.56 Å². The van der Waals surface area contributed by atoms with Gasteiger partial charge >= 0.3 is 0 Å². The smallest absolute Gasteiger partial charge is 0.234 e. The van der Waals surface area contributed by atoms with Gasteiger partial charge in [0, 0.05) is 5.69 Å². The van der Waals surface area contributed by atoms with Crippen LogP contribution >= 0.6 is 11.8 Å². The molecule has 1 N–H and O–H groups in total. The molecule has 0 saturated carbocycles. The third kappa shape index (κ3) is 4.15. The summed E-state index contributed by atoms with van der Waals surface area (Å²) in [6, 6.07) is 15.5. The number of hydrogen-bond acceptors (Lipinski definition) is 6.